The summed E-state index contributed by atoms with van der Waals surface area (Å²) in [6.07, 6.45) is -0.346. The highest BCUT2D eigenvalue weighted by atomic mass is 19.1. The fourth-order valence-electron chi connectivity index (χ4n) is 3.12. The van der Waals surface area contributed by atoms with E-state index < -0.39 is 12.0 Å². The number of fused-ring (bicyclic) bond motifs is 1. The molecule has 0 fully saturated rings. The molecule has 0 spiro atoms. The van der Waals surface area contributed by atoms with Gasteiger partial charge in [0.25, 0.3) is 6.36 Å². The van der Waals surface area contributed by atoms with Gasteiger partial charge in [0, 0.05) is 5.39 Å². The van der Waals surface area contributed by atoms with Gasteiger partial charge in [-0.05, 0) is 67.9 Å². The van der Waals surface area contributed by atoms with Gasteiger partial charge >= 0.3 is 0 Å². The summed E-state index contributed by atoms with van der Waals surface area (Å²) >= 11 is 0. The molecule has 3 aromatic carbocycles. The van der Waals surface area contributed by atoms with E-state index in [1.165, 1.54) is 19.1 Å². The summed E-state index contributed by atoms with van der Waals surface area (Å²) in [5.74, 6) is 0.0136. The van der Waals surface area contributed by atoms with Crippen molar-refractivity contribution >= 4 is 10.9 Å². The molecule has 4 rings (SSSR count). The Morgan fingerprint density at radius 1 is 1.03 bits per heavy atom. The number of ether oxygens (including phenoxy) is 1. The molecule has 0 amide bonds. The SMILES string of the molecule is Cc1ccc(OC(F)C(C)(O)c2ccc3c(cnn3-c3ccc(F)cc3)c2)cc1. The van der Waals surface area contributed by atoms with Gasteiger partial charge in [-0.15, -0.1) is 0 Å². The molecule has 6 heteroatoms. The third-order valence-electron chi connectivity index (χ3n) is 4.93. The molecule has 0 radical (unpaired) electrons. The Morgan fingerprint density at radius 3 is 2.41 bits per heavy atom. The lowest BCUT2D eigenvalue weighted by Gasteiger charge is -2.28. The third kappa shape index (κ3) is 3.71. The number of halogens is 2. The van der Waals surface area contributed by atoms with E-state index >= 15 is 0 Å². The predicted octanol–water partition coefficient (Wildman–Crippen LogP) is 5.06. The van der Waals surface area contributed by atoms with Crippen LogP contribution >= 0.6 is 0 Å². The minimum absolute atomic E-state index is 0.328. The van der Waals surface area contributed by atoms with Crippen molar-refractivity contribution in [2.45, 2.75) is 25.8 Å². The molecular weight excluding hydrogens is 374 g/mol. The Morgan fingerprint density at radius 2 is 1.72 bits per heavy atom. The molecule has 4 nitrogen and oxygen atoms in total. The van der Waals surface area contributed by atoms with Crippen LogP contribution in [0.3, 0.4) is 0 Å². The molecule has 148 valence electrons. The molecule has 1 N–H and O–H groups in total. The van der Waals surface area contributed by atoms with E-state index in [1.807, 2.05) is 19.1 Å². The molecule has 0 aliphatic rings. The van der Waals surface area contributed by atoms with Gasteiger partial charge in [-0.2, -0.15) is 9.49 Å². The normalized spacial score (nSPS) is 14.5. The first-order valence-corrected chi connectivity index (χ1v) is 9.18. The maximum absolute atomic E-state index is 14.8. The van der Waals surface area contributed by atoms with Crippen molar-refractivity contribution in [3.8, 4) is 11.4 Å². The largest absolute Gasteiger partial charge is 0.457 e. The number of nitrogens with zero attached hydrogens (tertiary/aromatic N) is 2. The van der Waals surface area contributed by atoms with Gasteiger partial charge in [-0.25, -0.2) is 9.07 Å². The molecule has 29 heavy (non-hydrogen) atoms. The van der Waals surface area contributed by atoms with E-state index in [9.17, 15) is 13.9 Å². The first-order valence-electron chi connectivity index (χ1n) is 9.18. The van der Waals surface area contributed by atoms with E-state index in [0.717, 1.165) is 16.5 Å². The third-order valence-corrected chi connectivity index (χ3v) is 4.93. The van der Waals surface area contributed by atoms with Crippen LogP contribution in [0.4, 0.5) is 8.78 Å². The van der Waals surface area contributed by atoms with Gasteiger partial charge in [0.2, 0.25) is 0 Å². The first kappa shape index (κ1) is 19.1. The zero-order valence-electron chi connectivity index (χ0n) is 16.0. The topological polar surface area (TPSA) is 47.3 Å². The van der Waals surface area contributed by atoms with E-state index in [4.69, 9.17) is 4.74 Å². The van der Waals surface area contributed by atoms with Crippen LogP contribution in [0, 0.1) is 12.7 Å². The van der Waals surface area contributed by atoms with Crippen LogP contribution in [0.5, 0.6) is 5.75 Å². The fourth-order valence-corrected chi connectivity index (χ4v) is 3.12. The average molecular weight is 394 g/mol. The van der Waals surface area contributed by atoms with Crippen LogP contribution in [-0.4, -0.2) is 21.2 Å². The van der Waals surface area contributed by atoms with Crippen LogP contribution in [0.15, 0.2) is 72.9 Å². The molecule has 1 heterocycles. The van der Waals surface area contributed by atoms with Crippen molar-refractivity contribution in [3.05, 3.63) is 89.9 Å². The zero-order chi connectivity index (χ0) is 20.6. The molecule has 0 saturated heterocycles. The molecule has 0 aliphatic carbocycles. The summed E-state index contributed by atoms with van der Waals surface area (Å²) < 4.78 is 35.0. The summed E-state index contributed by atoms with van der Waals surface area (Å²) in [7, 11) is 0. The standard InChI is InChI=1S/C23H20F2N2O2/c1-15-3-10-20(11-4-15)29-22(25)23(2,28)17-5-12-21-16(13-17)14-26-27(21)19-8-6-18(24)7-9-19/h3-14,22,28H,1-2H3. The van der Waals surface area contributed by atoms with Gasteiger partial charge in [-0.1, -0.05) is 23.8 Å². The van der Waals surface area contributed by atoms with Gasteiger partial charge in [0.15, 0.2) is 5.60 Å². The van der Waals surface area contributed by atoms with Crippen LogP contribution in [-0.2, 0) is 5.60 Å². The number of hydrogen-bond acceptors (Lipinski definition) is 3. The van der Waals surface area contributed by atoms with Crippen molar-refractivity contribution in [3.63, 3.8) is 0 Å². The van der Waals surface area contributed by atoms with Crippen molar-refractivity contribution in [2.24, 2.45) is 0 Å². The minimum Gasteiger partial charge on any atom is -0.457 e. The molecule has 0 bridgehead atoms. The molecule has 4 aromatic rings. The van der Waals surface area contributed by atoms with Gasteiger partial charge < -0.3 is 9.84 Å². The van der Waals surface area contributed by atoms with E-state index in [2.05, 4.69) is 5.10 Å². The number of aliphatic hydroxyl groups is 1. The Hall–Kier alpha value is -3.25. The summed E-state index contributed by atoms with van der Waals surface area (Å²) in [4.78, 5) is 0. The number of benzene rings is 3. The maximum atomic E-state index is 14.8. The lowest BCUT2D eigenvalue weighted by molar-refractivity contribution is -0.119. The molecule has 2 unspecified atom stereocenters. The summed E-state index contributed by atoms with van der Waals surface area (Å²) in [5, 5.41) is 15.9. The van der Waals surface area contributed by atoms with Crippen molar-refractivity contribution < 1.29 is 18.6 Å². The zero-order valence-corrected chi connectivity index (χ0v) is 16.0. The van der Waals surface area contributed by atoms with Crippen molar-refractivity contribution in [1.82, 2.24) is 9.78 Å². The van der Waals surface area contributed by atoms with Crippen LogP contribution < -0.4 is 4.74 Å². The van der Waals surface area contributed by atoms with Gasteiger partial charge in [0.05, 0.1) is 17.4 Å². The summed E-state index contributed by atoms with van der Waals surface area (Å²) in [6.45, 7) is 3.30. The number of alkyl halides is 1. The molecule has 1 aromatic heterocycles. The molecule has 2 atom stereocenters. The Balaban J connectivity index is 1.62. The fraction of sp³-hybridized carbons (Fsp3) is 0.174. The highest BCUT2D eigenvalue weighted by Gasteiger charge is 2.36. The van der Waals surface area contributed by atoms with E-state index in [1.54, 1.807) is 53.3 Å². The highest BCUT2D eigenvalue weighted by molar-refractivity contribution is 5.81. The van der Waals surface area contributed by atoms with Crippen LogP contribution in [0.1, 0.15) is 18.1 Å². The minimum atomic E-state index is -1.96. The number of rotatable bonds is 5. The van der Waals surface area contributed by atoms with Crippen LogP contribution in [0.2, 0.25) is 0 Å². The van der Waals surface area contributed by atoms with Gasteiger partial charge in [-0.3, -0.25) is 0 Å². The Labute approximate surface area is 167 Å². The Kier molecular flexibility index (Phi) is 4.80. The summed E-state index contributed by atoms with van der Waals surface area (Å²) in [6, 6.07) is 18.0. The van der Waals surface area contributed by atoms with E-state index in [0.29, 0.717) is 17.0 Å². The number of aryl methyl sites for hydroxylation is 1. The Bertz CT molecular complexity index is 1140. The van der Waals surface area contributed by atoms with E-state index in [-0.39, 0.29) is 5.82 Å². The highest BCUT2D eigenvalue weighted by Crippen LogP contribution is 2.31. The lowest BCUT2D eigenvalue weighted by atomic mass is 9.95. The number of hydrogen-bond donors (Lipinski definition) is 1. The summed E-state index contributed by atoms with van der Waals surface area (Å²) in [5.41, 5.74) is 0.987. The van der Waals surface area contributed by atoms with Gasteiger partial charge in [0.1, 0.15) is 11.6 Å². The second kappa shape index (κ2) is 7.29. The molecule has 0 aliphatic heterocycles. The van der Waals surface area contributed by atoms with Crippen molar-refractivity contribution in [2.75, 3.05) is 0 Å². The molecule has 0 saturated carbocycles. The van der Waals surface area contributed by atoms with Crippen molar-refractivity contribution in [1.29, 1.82) is 0 Å². The first-order chi connectivity index (χ1) is 13.8. The monoisotopic (exact) mass is 394 g/mol. The second-order valence-corrected chi connectivity index (χ2v) is 7.20. The average Bonchev–Trinajstić information content (AvgIpc) is 3.13. The predicted molar refractivity (Wildman–Crippen MR) is 107 cm³/mol. The number of aromatic nitrogens is 2. The molecular formula is C23H20F2N2O2. The maximum Gasteiger partial charge on any atom is 0.270 e. The lowest BCUT2D eigenvalue weighted by Crippen LogP contribution is -2.37. The quantitative estimate of drug-likeness (QED) is 0.515. The second-order valence-electron chi connectivity index (χ2n) is 7.20. The van der Waals surface area contributed by atoms with Crippen LogP contribution in [0.25, 0.3) is 16.6 Å². The smallest absolute Gasteiger partial charge is 0.270 e.